The summed E-state index contributed by atoms with van der Waals surface area (Å²) >= 11 is 0. The minimum absolute atomic E-state index is 0.570. The van der Waals surface area contributed by atoms with E-state index >= 15 is 0 Å². The number of nitrogens with zero attached hydrogens (tertiary/aromatic N) is 3. The molecule has 0 bridgehead atoms. The van der Waals surface area contributed by atoms with E-state index in [1.54, 1.807) is 12.4 Å². The smallest absolute Gasteiger partial charge is 0.137 e. The highest BCUT2D eigenvalue weighted by Gasteiger charge is 2.16. The molecule has 0 aliphatic heterocycles. The van der Waals surface area contributed by atoms with Crippen LogP contribution in [0.15, 0.2) is 18.5 Å². The summed E-state index contributed by atoms with van der Waals surface area (Å²) < 4.78 is 0. The lowest BCUT2D eigenvalue weighted by atomic mass is 10.2. The van der Waals surface area contributed by atoms with Gasteiger partial charge in [0.15, 0.2) is 0 Å². The molecule has 2 aromatic rings. The molecule has 3 rings (SSSR count). The highest BCUT2D eigenvalue weighted by atomic mass is 15.1. The third-order valence-electron chi connectivity index (χ3n) is 3.31. The molecule has 2 aromatic heterocycles. The maximum atomic E-state index is 4.51. The number of aromatic nitrogens is 3. The monoisotopic (exact) mass is 228 g/mol. The molecule has 0 amide bonds. The summed E-state index contributed by atoms with van der Waals surface area (Å²) in [6.07, 6.45) is 8.72. The molecule has 0 radical (unpaired) electrons. The fourth-order valence-corrected chi connectivity index (χ4v) is 2.47. The number of pyridine rings is 1. The standard InChI is InChI=1S/C13H16N4/c1-9-15-12-8-14-7-6-11(12)13(16-9)17-10-4-2-3-5-10/h6-8,10H,2-5H2,1H3,(H,15,16,17). The molecule has 0 saturated heterocycles. The Balaban J connectivity index is 2.01. The van der Waals surface area contributed by atoms with Gasteiger partial charge in [-0.15, -0.1) is 0 Å². The first-order valence-corrected chi connectivity index (χ1v) is 6.18. The van der Waals surface area contributed by atoms with Gasteiger partial charge in [0.2, 0.25) is 0 Å². The van der Waals surface area contributed by atoms with E-state index in [4.69, 9.17) is 0 Å². The topological polar surface area (TPSA) is 50.7 Å². The first-order chi connectivity index (χ1) is 8.33. The van der Waals surface area contributed by atoms with Crippen LogP contribution >= 0.6 is 0 Å². The summed E-state index contributed by atoms with van der Waals surface area (Å²) in [7, 11) is 0. The van der Waals surface area contributed by atoms with Gasteiger partial charge < -0.3 is 5.32 Å². The molecular weight excluding hydrogens is 212 g/mol. The lowest BCUT2D eigenvalue weighted by Crippen LogP contribution is -2.16. The second-order valence-corrected chi connectivity index (χ2v) is 4.64. The van der Waals surface area contributed by atoms with Crippen LogP contribution in [0.3, 0.4) is 0 Å². The van der Waals surface area contributed by atoms with Crippen LogP contribution in [0, 0.1) is 6.92 Å². The Morgan fingerprint density at radius 2 is 2.06 bits per heavy atom. The Hall–Kier alpha value is -1.71. The van der Waals surface area contributed by atoms with Crippen LogP contribution in [-0.4, -0.2) is 21.0 Å². The van der Waals surface area contributed by atoms with Crippen LogP contribution in [-0.2, 0) is 0 Å². The van der Waals surface area contributed by atoms with E-state index in [2.05, 4.69) is 20.3 Å². The lowest BCUT2D eigenvalue weighted by Gasteiger charge is -2.14. The number of anilines is 1. The second-order valence-electron chi connectivity index (χ2n) is 4.64. The molecule has 0 unspecified atom stereocenters. The molecule has 1 N–H and O–H groups in total. The molecule has 0 atom stereocenters. The zero-order chi connectivity index (χ0) is 11.7. The number of rotatable bonds is 2. The normalized spacial score (nSPS) is 16.5. The lowest BCUT2D eigenvalue weighted by molar-refractivity contribution is 0.750. The van der Waals surface area contributed by atoms with Gasteiger partial charge in [-0.1, -0.05) is 12.8 Å². The summed E-state index contributed by atoms with van der Waals surface area (Å²) in [6, 6.07) is 2.55. The maximum Gasteiger partial charge on any atom is 0.137 e. The van der Waals surface area contributed by atoms with Crippen molar-refractivity contribution in [2.75, 3.05) is 5.32 Å². The van der Waals surface area contributed by atoms with Gasteiger partial charge in [-0.3, -0.25) is 4.98 Å². The van der Waals surface area contributed by atoms with Crippen LogP contribution in [0.2, 0.25) is 0 Å². The van der Waals surface area contributed by atoms with Gasteiger partial charge in [-0.25, -0.2) is 9.97 Å². The maximum absolute atomic E-state index is 4.51. The molecule has 88 valence electrons. The fourth-order valence-electron chi connectivity index (χ4n) is 2.47. The van der Waals surface area contributed by atoms with Crippen molar-refractivity contribution in [1.29, 1.82) is 0 Å². The van der Waals surface area contributed by atoms with E-state index in [9.17, 15) is 0 Å². The Morgan fingerprint density at radius 1 is 1.24 bits per heavy atom. The van der Waals surface area contributed by atoms with Gasteiger partial charge in [-0.2, -0.15) is 0 Å². The minimum Gasteiger partial charge on any atom is -0.367 e. The van der Waals surface area contributed by atoms with E-state index in [0.717, 1.165) is 22.5 Å². The Labute approximate surface area is 101 Å². The second kappa shape index (κ2) is 4.28. The van der Waals surface area contributed by atoms with Crippen molar-refractivity contribution in [3.63, 3.8) is 0 Å². The SMILES string of the molecule is Cc1nc(NC2CCCC2)c2ccncc2n1. The number of hydrogen-bond acceptors (Lipinski definition) is 4. The van der Waals surface area contributed by atoms with E-state index in [1.807, 2.05) is 13.0 Å². The van der Waals surface area contributed by atoms with Crippen molar-refractivity contribution < 1.29 is 0 Å². The predicted octanol–water partition coefficient (Wildman–Crippen LogP) is 2.69. The number of aryl methyl sites for hydroxylation is 1. The molecule has 0 aromatic carbocycles. The molecule has 1 saturated carbocycles. The van der Waals surface area contributed by atoms with E-state index in [1.165, 1.54) is 25.7 Å². The van der Waals surface area contributed by atoms with Gasteiger partial charge in [0.05, 0.1) is 11.7 Å². The average molecular weight is 228 g/mol. The van der Waals surface area contributed by atoms with Gasteiger partial charge in [0.1, 0.15) is 11.6 Å². The Morgan fingerprint density at radius 3 is 2.88 bits per heavy atom. The summed E-state index contributed by atoms with van der Waals surface area (Å²) in [4.78, 5) is 13.0. The largest absolute Gasteiger partial charge is 0.367 e. The van der Waals surface area contributed by atoms with Crippen LogP contribution in [0.5, 0.6) is 0 Å². The predicted molar refractivity (Wildman–Crippen MR) is 67.9 cm³/mol. The first kappa shape index (κ1) is 10.4. The zero-order valence-corrected chi connectivity index (χ0v) is 9.98. The third-order valence-corrected chi connectivity index (χ3v) is 3.31. The van der Waals surface area contributed by atoms with Crippen LogP contribution < -0.4 is 5.32 Å². The quantitative estimate of drug-likeness (QED) is 0.858. The van der Waals surface area contributed by atoms with Crippen molar-refractivity contribution in [3.8, 4) is 0 Å². The van der Waals surface area contributed by atoms with E-state index < -0.39 is 0 Å². The average Bonchev–Trinajstić information content (AvgIpc) is 2.81. The molecule has 2 heterocycles. The fraction of sp³-hybridized carbons (Fsp3) is 0.462. The van der Waals surface area contributed by atoms with Crippen molar-refractivity contribution in [2.45, 2.75) is 38.6 Å². The number of hydrogen-bond donors (Lipinski definition) is 1. The molecular formula is C13H16N4. The number of fused-ring (bicyclic) bond motifs is 1. The molecule has 4 heteroatoms. The summed E-state index contributed by atoms with van der Waals surface area (Å²) in [6.45, 7) is 1.92. The van der Waals surface area contributed by atoms with Crippen LogP contribution in [0.25, 0.3) is 10.9 Å². The number of nitrogens with one attached hydrogen (secondary N) is 1. The molecule has 0 spiro atoms. The molecule has 17 heavy (non-hydrogen) atoms. The summed E-state index contributed by atoms with van der Waals surface area (Å²) in [5.41, 5.74) is 0.917. The van der Waals surface area contributed by atoms with Crippen molar-refractivity contribution >= 4 is 16.7 Å². The Bertz CT molecular complexity index is 532. The minimum atomic E-state index is 0.570. The van der Waals surface area contributed by atoms with Crippen LogP contribution in [0.1, 0.15) is 31.5 Å². The highest BCUT2D eigenvalue weighted by Crippen LogP contribution is 2.25. The van der Waals surface area contributed by atoms with Crippen LogP contribution in [0.4, 0.5) is 5.82 Å². The first-order valence-electron chi connectivity index (χ1n) is 6.18. The summed E-state index contributed by atoms with van der Waals surface area (Å²) in [5, 5.41) is 4.61. The molecule has 1 fully saturated rings. The van der Waals surface area contributed by atoms with Gasteiger partial charge in [0.25, 0.3) is 0 Å². The third kappa shape index (κ3) is 2.07. The zero-order valence-electron chi connectivity index (χ0n) is 9.98. The molecule has 4 nitrogen and oxygen atoms in total. The van der Waals surface area contributed by atoms with Gasteiger partial charge in [-0.05, 0) is 25.8 Å². The highest BCUT2D eigenvalue weighted by molar-refractivity contribution is 5.88. The van der Waals surface area contributed by atoms with Gasteiger partial charge >= 0.3 is 0 Å². The van der Waals surface area contributed by atoms with Gasteiger partial charge in [0, 0.05) is 17.6 Å². The van der Waals surface area contributed by atoms with Crippen molar-refractivity contribution in [3.05, 3.63) is 24.3 Å². The Kier molecular flexibility index (Phi) is 2.63. The van der Waals surface area contributed by atoms with Crippen molar-refractivity contribution in [1.82, 2.24) is 15.0 Å². The molecule has 1 aliphatic rings. The van der Waals surface area contributed by atoms with E-state index in [-0.39, 0.29) is 0 Å². The van der Waals surface area contributed by atoms with Crippen molar-refractivity contribution in [2.24, 2.45) is 0 Å². The van der Waals surface area contributed by atoms with E-state index in [0.29, 0.717) is 6.04 Å². The summed E-state index contributed by atoms with van der Waals surface area (Å²) in [5.74, 6) is 1.76. The molecule has 1 aliphatic carbocycles.